The van der Waals surface area contributed by atoms with E-state index in [1.54, 1.807) is 5.57 Å². The van der Waals surface area contributed by atoms with Crippen LogP contribution < -0.4 is 10.6 Å². The molecule has 7 unspecified atom stereocenters. The first-order chi connectivity index (χ1) is 15.7. The van der Waals surface area contributed by atoms with E-state index < -0.39 is 0 Å². The van der Waals surface area contributed by atoms with Gasteiger partial charge in [0.2, 0.25) is 0 Å². The SMILES string of the molecule is O=C(Nc1ccccc1)NC12CCCCC1C1=CCC3C4CCCCC4CCC3C1CC2. The molecule has 0 saturated heterocycles. The number of hydrogen-bond donors (Lipinski definition) is 2. The molecule has 0 radical (unpaired) electrons. The summed E-state index contributed by atoms with van der Waals surface area (Å²) in [6.07, 6.45) is 20.3. The lowest BCUT2D eigenvalue weighted by Gasteiger charge is -2.57. The number of amides is 2. The predicted molar refractivity (Wildman–Crippen MR) is 130 cm³/mol. The van der Waals surface area contributed by atoms with Crippen molar-refractivity contribution in [2.24, 2.45) is 35.5 Å². The number of fused-ring (bicyclic) bond motifs is 7. The molecular weight excluding hydrogens is 392 g/mol. The van der Waals surface area contributed by atoms with E-state index in [2.05, 4.69) is 16.7 Å². The second-order valence-corrected chi connectivity index (χ2v) is 11.6. The van der Waals surface area contributed by atoms with Crippen LogP contribution in [-0.4, -0.2) is 11.6 Å². The fraction of sp³-hybridized carbons (Fsp3) is 0.690. The van der Waals surface area contributed by atoms with E-state index in [0.29, 0.717) is 5.92 Å². The number of hydrogen-bond acceptors (Lipinski definition) is 1. The topological polar surface area (TPSA) is 41.1 Å². The van der Waals surface area contributed by atoms with Gasteiger partial charge in [-0.2, -0.15) is 0 Å². The van der Waals surface area contributed by atoms with Crippen LogP contribution in [-0.2, 0) is 0 Å². The van der Waals surface area contributed by atoms with Gasteiger partial charge in [-0.3, -0.25) is 0 Å². The zero-order valence-electron chi connectivity index (χ0n) is 19.5. The van der Waals surface area contributed by atoms with Crippen LogP contribution >= 0.6 is 0 Å². The number of benzene rings is 1. The second-order valence-electron chi connectivity index (χ2n) is 11.6. The molecule has 7 atom stereocenters. The van der Waals surface area contributed by atoms with E-state index in [1.807, 2.05) is 30.3 Å². The molecular formula is C29H40N2O. The minimum absolute atomic E-state index is 0.0152. The number of nitrogens with one attached hydrogen (secondary N) is 2. The number of para-hydroxylation sites is 1. The normalized spacial score (nSPS) is 40.6. The maximum atomic E-state index is 13.0. The number of anilines is 1. The fourth-order valence-corrected chi connectivity index (χ4v) is 8.96. The molecule has 6 rings (SSSR count). The van der Waals surface area contributed by atoms with Gasteiger partial charge < -0.3 is 10.6 Å². The van der Waals surface area contributed by atoms with Gasteiger partial charge in [0.1, 0.15) is 0 Å². The summed E-state index contributed by atoms with van der Waals surface area (Å²) in [6.45, 7) is 0. The lowest BCUT2D eigenvalue weighted by atomic mass is 9.50. The standard InChI is InChI=1S/C29H40N2O/c32-28(30-21-9-2-1-3-10-21)31-29-18-7-6-12-27(29)26-16-15-23-22-11-5-4-8-20(22)13-14-24(23)25(26)17-19-29/h1-3,9-10,16,20,22-25,27H,4-8,11-15,17-19H2,(H2,30,31,32). The van der Waals surface area contributed by atoms with Crippen molar-refractivity contribution in [2.45, 2.75) is 89.0 Å². The highest BCUT2D eigenvalue weighted by atomic mass is 16.2. The van der Waals surface area contributed by atoms with Crippen LogP contribution in [0.2, 0.25) is 0 Å². The molecule has 1 aromatic rings. The van der Waals surface area contributed by atoms with Crippen LogP contribution in [0.15, 0.2) is 42.0 Å². The van der Waals surface area contributed by atoms with Crippen LogP contribution in [0.5, 0.6) is 0 Å². The van der Waals surface area contributed by atoms with Gasteiger partial charge in [0.25, 0.3) is 0 Å². The molecule has 5 aliphatic carbocycles. The van der Waals surface area contributed by atoms with Crippen molar-refractivity contribution >= 4 is 11.7 Å². The van der Waals surface area contributed by atoms with Crippen molar-refractivity contribution in [2.75, 3.05) is 5.32 Å². The highest BCUT2D eigenvalue weighted by Gasteiger charge is 2.53. The van der Waals surface area contributed by atoms with Gasteiger partial charge in [-0.25, -0.2) is 4.79 Å². The first-order valence-electron chi connectivity index (χ1n) is 13.6. The molecule has 2 amide bonds. The Labute approximate surface area is 193 Å². The monoisotopic (exact) mass is 432 g/mol. The van der Waals surface area contributed by atoms with Crippen molar-refractivity contribution < 1.29 is 4.79 Å². The summed E-state index contributed by atoms with van der Waals surface area (Å²) in [5.74, 6) is 5.27. The van der Waals surface area contributed by atoms with Gasteiger partial charge in [0, 0.05) is 17.1 Å². The van der Waals surface area contributed by atoms with Crippen molar-refractivity contribution in [3.63, 3.8) is 0 Å². The third-order valence-electron chi connectivity index (χ3n) is 10.2. The van der Waals surface area contributed by atoms with Crippen LogP contribution in [0.25, 0.3) is 0 Å². The van der Waals surface area contributed by atoms with Crippen LogP contribution in [0.3, 0.4) is 0 Å². The molecule has 5 aliphatic rings. The number of carbonyl (C=O) groups is 1. The Morgan fingerprint density at radius 1 is 0.812 bits per heavy atom. The number of rotatable bonds is 2. The van der Waals surface area contributed by atoms with E-state index in [-0.39, 0.29) is 11.6 Å². The maximum absolute atomic E-state index is 13.0. The second kappa shape index (κ2) is 8.54. The quantitative estimate of drug-likeness (QED) is 0.473. The van der Waals surface area contributed by atoms with Crippen molar-refractivity contribution in [1.82, 2.24) is 5.32 Å². The Balaban J connectivity index is 1.22. The average molecular weight is 433 g/mol. The Kier molecular flexibility index (Phi) is 5.55. The Hall–Kier alpha value is -1.77. The smallest absolute Gasteiger partial charge is 0.319 e. The molecule has 0 aliphatic heterocycles. The van der Waals surface area contributed by atoms with Gasteiger partial charge in [-0.1, -0.05) is 62.0 Å². The largest absolute Gasteiger partial charge is 0.332 e. The van der Waals surface area contributed by atoms with E-state index in [4.69, 9.17) is 0 Å². The van der Waals surface area contributed by atoms with Gasteiger partial charge in [0.15, 0.2) is 0 Å². The Morgan fingerprint density at radius 3 is 2.56 bits per heavy atom. The minimum Gasteiger partial charge on any atom is -0.332 e. The summed E-state index contributed by atoms with van der Waals surface area (Å²) in [6, 6.07) is 9.87. The molecule has 4 fully saturated rings. The van der Waals surface area contributed by atoms with E-state index in [0.717, 1.165) is 41.7 Å². The molecule has 4 saturated carbocycles. The van der Waals surface area contributed by atoms with Gasteiger partial charge in [-0.05, 0) is 93.1 Å². The van der Waals surface area contributed by atoms with Gasteiger partial charge in [0.05, 0.1) is 0 Å². The molecule has 0 spiro atoms. The first-order valence-corrected chi connectivity index (χ1v) is 13.6. The van der Waals surface area contributed by atoms with Crippen molar-refractivity contribution in [3.05, 3.63) is 42.0 Å². The zero-order valence-corrected chi connectivity index (χ0v) is 19.5. The van der Waals surface area contributed by atoms with Gasteiger partial charge >= 0.3 is 6.03 Å². The summed E-state index contributed by atoms with van der Waals surface area (Å²) in [7, 11) is 0. The molecule has 32 heavy (non-hydrogen) atoms. The fourth-order valence-electron chi connectivity index (χ4n) is 8.96. The Morgan fingerprint density at radius 2 is 1.66 bits per heavy atom. The number of urea groups is 1. The van der Waals surface area contributed by atoms with E-state index >= 15 is 0 Å². The summed E-state index contributed by atoms with van der Waals surface area (Å²) < 4.78 is 0. The van der Waals surface area contributed by atoms with Crippen molar-refractivity contribution in [3.8, 4) is 0 Å². The summed E-state index contributed by atoms with van der Waals surface area (Å²) >= 11 is 0. The van der Waals surface area contributed by atoms with Gasteiger partial charge in [-0.15, -0.1) is 0 Å². The molecule has 2 N–H and O–H groups in total. The third kappa shape index (κ3) is 3.60. The van der Waals surface area contributed by atoms with Crippen LogP contribution in [0.1, 0.15) is 83.5 Å². The summed E-state index contributed by atoms with van der Waals surface area (Å²) in [5, 5.41) is 6.64. The lowest BCUT2D eigenvalue weighted by molar-refractivity contribution is 0.00307. The third-order valence-corrected chi connectivity index (χ3v) is 10.2. The molecule has 172 valence electrons. The molecule has 3 heteroatoms. The highest BCUT2D eigenvalue weighted by molar-refractivity contribution is 5.89. The predicted octanol–water partition coefficient (Wildman–Crippen LogP) is 7.31. The highest BCUT2D eigenvalue weighted by Crippen LogP contribution is 2.59. The molecule has 1 aromatic carbocycles. The van der Waals surface area contributed by atoms with E-state index in [1.165, 1.54) is 77.0 Å². The minimum atomic E-state index is -0.0334. The van der Waals surface area contributed by atoms with Crippen LogP contribution in [0.4, 0.5) is 10.5 Å². The lowest BCUT2D eigenvalue weighted by Crippen LogP contribution is -2.60. The van der Waals surface area contributed by atoms with Crippen molar-refractivity contribution in [1.29, 1.82) is 0 Å². The average Bonchev–Trinajstić information content (AvgIpc) is 2.83. The van der Waals surface area contributed by atoms with Crippen LogP contribution in [0, 0.1) is 35.5 Å². The molecule has 0 aromatic heterocycles. The summed E-state index contributed by atoms with van der Waals surface area (Å²) in [5.41, 5.74) is 2.60. The first kappa shape index (κ1) is 20.8. The summed E-state index contributed by atoms with van der Waals surface area (Å²) in [4.78, 5) is 13.0. The maximum Gasteiger partial charge on any atom is 0.319 e. The molecule has 0 bridgehead atoms. The number of allylic oxidation sites excluding steroid dienone is 1. The number of carbonyl (C=O) groups excluding carboxylic acids is 1. The molecule has 0 heterocycles. The molecule has 3 nitrogen and oxygen atoms in total. The van der Waals surface area contributed by atoms with E-state index in [9.17, 15) is 4.79 Å². The Bertz CT molecular complexity index is 863. The zero-order chi connectivity index (χ0) is 21.5.